The predicted molar refractivity (Wildman–Crippen MR) is 53.2 cm³/mol. The topological polar surface area (TPSA) is 54.2 Å². The zero-order valence-corrected chi connectivity index (χ0v) is 8.66. The van der Waals surface area contributed by atoms with Gasteiger partial charge >= 0.3 is 6.01 Å². The van der Waals surface area contributed by atoms with Gasteiger partial charge in [-0.1, -0.05) is 5.16 Å². The first-order valence-electron chi connectivity index (χ1n) is 4.99. The first-order valence-corrected chi connectivity index (χ1v) is 4.99. The van der Waals surface area contributed by atoms with E-state index >= 15 is 0 Å². The minimum atomic E-state index is 0.439. The van der Waals surface area contributed by atoms with E-state index in [-0.39, 0.29) is 0 Å². The first kappa shape index (κ1) is 9.45. The number of aryl methyl sites for hydroxylation is 1. The van der Waals surface area contributed by atoms with Crippen molar-refractivity contribution in [2.45, 2.75) is 25.8 Å². The van der Waals surface area contributed by atoms with Crippen molar-refractivity contribution in [3.05, 3.63) is 5.82 Å². The maximum absolute atomic E-state index is 5.01. The molecule has 0 aliphatic carbocycles. The summed E-state index contributed by atoms with van der Waals surface area (Å²) < 4.78 is 5.01. The van der Waals surface area contributed by atoms with Gasteiger partial charge in [0.2, 0.25) is 0 Å². The highest BCUT2D eigenvalue weighted by Crippen LogP contribution is 2.13. The van der Waals surface area contributed by atoms with Crippen molar-refractivity contribution >= 4 is 6.01 Å². The van der Waals surface area contributed by atoms with E-state index in [9.17, 15) is 0 Å². The zero-order valence-electron chi connectivity index (χ0n) is 8.66. The SMILES string of the molecule is Cc1noc(NC2CCCN(C)C2)n1. The van der Waals surface area contributed by atoms with Gasteiger partial charge in [-0.15, -0.1) is 0 Å². The van der Waals surface area contributed by atoms with Crippen LogP contribution in [-0.4, -0.2) is 41.2 Å². The second-order valence-corrected chi connectivity index (χ2v) is 3.89. The molecule has 5 heteroatoms. The van der Waals surface area contributed by atoms with Crippen LogP contribution in [0.2, 0.25) is 0 Å². The Morgan fingerprint density at radius 1 is 1.57 bits per heavy atom. The number of anilines is 1. The van der Waals surface area contributed by atoms with E-state index in [1.54, 1.807) is 0 Å². The summed E-state index contributed by atoms with van der Waals surface area (Å²) >= 11 is 0. The van der Waals surface area contributed by atoms with Gasteiger partial charge in [0.05, 0.1) is 0 Å². The van der Waals surface area contributed by atoms with Gasteiger partial charge in [-0.05, 0) is 33.4 Å². The van der Waals surface area contributed by atoms with Crippen molar-refractivity contribution in [2.75, 3.05) is 25.5 Å². The van der Waals surface area contributed by atoms with Crippen LogP contribution in [-0.2, 0) is 0 Å². The van der Waals surface area contributed by atoms with Gasteiger partial charge in [0.25, 0.3) is 0 Å². The number of nitrogens with one attached hydrogen (secondary N) is 1. The third-order valence-electron chi connectivity index (χ3n) is 2.48. The van der Waals surface area contributed by atoms with E-state index in [1.165, 1.54) is 19.4 Å². The molecule has 1 atom stereocenters. The molecule has 1 aliphatic heterocycles. The van der Waals surface area contributed by atoms with Gasteiger partial charge in [-0.3, -0.25) is 0 Å². The van der Waals surface area contributed by atoms with Gasteiger partial charge in [0, 0.05) is 12.6 Å². The highest BCUT2D eigenvalue weighted by molar-refractivity contribution is 5.20. The standard InChI is InChI=1S/C9H16N4O/c1-7-10-9(14-12-7)11-8-4-3-5-13(2)6-8/h8H,3-6H2,1-2H3,(H,10,11,12). The van der Waals surface area contributed by atoms with Crippen molar-refractivity contribution in [3.63, 3.8) is 0 Å². The lowest BCUT2D eigenvalue weighted by molar-refractivity contribution is 0.257. The molecule has 2 heterocycles. The molecule has 1 unspecified atom stereocenters. The Morgan fingerprint density at radius 3 is 3.07 bits per heavy atom. The Balaban J connectivity index is 1.90. The number of hydrogen-bond donors (Lipinski definition) is 1. The van der Waals surface area contributed by atoms with Gasteiger partial charge in [0.1, 0.15) is 0 Å². The second-order valence-electron chi connectivity index (χ2n) is 3.89. The maximum Gasteiger partial charge on any atom is 0.321 e. The number of hydrogen-bond acceptors (Lipinski definition) is 5. The molecule has 1 aromatic rings. The van der Waals surface area contributed by atoms with Crippen LogP contribution in [0.1, 0.15) is 18.7 Å². The summed E-state index contributed by atoms with van der Waals surface area (Å²) in [6.45, 7) is 4.05. The van der Waals surface area contributed by atoms with Crippen molar-refractivity contribution in [3.8, 4) is 0 Å². The van der Waals surface area contributed by atoms with Crippen LogP contribution >= 0.6 is 0 Å². The molecule has 1 saturated heterocycles. The highest BCUT2D eigenvalue weighted by atomic mass is 16.5. The largest absolute Gasteiger partial charge is 0.334 e. The number of piperidine rings is 1. The fourth-order valence-electron chi connectivity index (χ4n) is 1.81. The monoisotopic (exact) mass is 196 g/mol. The first-order chi connectivity index (χ1) is 6.74. The zero-order chi connectivity index (χ0) is 9.97. The molecule has 0 aromatic carbocycles. The van der Waals surface area contributed by atoms with Crippen LogP contribution < -0.4 is 5.32 Å². The Bertz CT molecular complexity index is 299. The minimum absolute atomic E-state index is 0.439. The molecule has 78 valence electrons. The number of aromatic nitrogens is 2. The summed E-state index contributed by atoms with van der Waals surface area (Å²) in [5.74, 6) is 0.677. The number of likely N-dealkylation sites (tertiary alicyclic amines) is 1. The van der Waals surface area contributed by atoms with Crippen LogP contribution in [0.4, 0.5) is 6.01 Å². The van der Waals surface area contributed by atoms with Crippen molar-refractivity contribution in [1.82, 2.24) is 15.0 Å². The van der Waals surface area contributed by atoms with Crippen LogP contribution in [0.15, 0.2) is 4.52 Å². The molecule has 0 bridgehead atoms. The molecule has 0 spiro atoms. The Morgan fingerprint density at radius 2 is 2.43 bits per heavy atom. The lowest BCUT2D eigenvalue weighted by Gasteiger charge is -2.29. The fraction of sp³-hybridized carbons (Fsp3) is 0.778. The molecule has 1 aliphatic rings. The molecule has 0 radical (unpaired) electrons. The van der Waals surface area contributed by atoms with E-state index in [4.69, 9.17) is 4.52 Å². The number of nitrogens with zero attached hydrogens (tertiary/aromatic N) is 3. The van der Waals surface area contributed by atoms with Gasteiger partial charge in [-0.2, -0.15) is 4.98 Å². The lowest BCUT2D eigenvalue weighted by atomic mass is 10.1. The van der Waals surface area contributed by atoms with Gasteiger partial charge in [-0.25, -0.2) is 0 Å². The minimum Gasteiger partial charge on any atom is -0.334 e. The van der Waals surface area contributed by atoms with E-state index in [1.807, 2.05) is 6.92 Å². The third-order valence-corrected chi connectivity index (χ3v) is 2.48. The molecule has 5 nitrogen and oxygen atoms in total. The normalized spacial score (nSPS) is 23.7. The molecule has 14 heavy (non-hydrogen) atoms. The van der Waals surface area contributed by atoms with E-state index in [0.29, 0.717) is 17.9 Å². The molecule has 2 rings (SSSR count). The molecular formula is C9H16N4O. The summed E-state index contributed by atoms with van der Waals surface area (Å²) in [4.78, 5) is 6.43. The predicted octanol–water partition coefficient (Wildman–Crippen LogP) is 0.884. The van der Waals surface area contributed by atoms with Crippen LogP contribution in [0.3, 0.4) is 0 Å². The molecule has 1 fully saturated rings. The molecule has 1 aromatic heterocycles. The van der Waals surface area contributed by atoms with Crippen molar-refractivity contribution < 1.29 is 4.52 Å². The summed E-state index contributed by atoms with van der Waals surface area (Å²) in [6, 6.07) is 0.983. The molecule has 0 saturated carbocycles. The van der Waals surface area contributed by atoms with Crippen molar-refractivity contribution in [1.29, 1.82) is 0 Å². The average molecular weight is 196 g/mol. The third kappa shape index (κ3) is 2.23. The lowest BCUT2D eigenvalue weighted by Crippen LogP contribution is -2.39. The number of likely N-dealkylation sites (N-methyl/N-ethyl adjacent to an activating group) is 1. The van der Waals surface area contributed by atoms with Crippen LogP contribution in [0.5, 0.6) is 0 Å². The van der Waals surface area contributed by atoms with Gasteiger partial charge in [0.15, 0.2) is 5.82 Å². The smallest absolute Gasteiger partial charge is 0.321 e. The summed E-state index contributed by atoms with van der Waals surface area (Å²) in [7, 11) is 2.13. The Labute approximate surface area is 83.5 Å². The quantitative estimate of drug-likeness (QED) is 0.761. The Kier molecular flexibility index (Phi) is 2.67. The van der Waals surface area contributed by atoms with E-state index in [2.05, 4.69) is 27.4 Å². The second kappa shape index (κ2) is 3.96. The molecule has 0 amide bonds. The summed E-state index contributed by atoms with van der Waals surface area (Å²) in [5.41, 5.74) is 0. The van der Waals surface area contributed by atoms with Gasteiger partial charge < -0.3 is 14.7 Å². The number of rotatable bonds is 2. The average Bonchev–Trinajstić information content (AvgIpc) is 2.51. The van der Waals surface area contributed by atoms with E-state index < -0.39 is 0 Å². The van der Waals surface area contributed by atoms with Crippen LogP contribution in [0, 0.1) is 6.92 Å². The molecule has 1 N–H and O–H groups in total. The highest BCUT2D eigenvalue weighted by Gasteiger charge is 2.18. The summed E-state index contributed by atoms with van der Waals surface area (Å²) in [6.07, 6.45) is 2.40. The Hall–Kier alpha value is -1.10. The van der Waals surface area contributed by atoms with Crippen LogP contribution in [0.25, 0.3) is 0 Å². The maximum atomic E-state index is 5.01. The van der Waals surface area contributed by atoms with Crippen molar-refractivity contribution in [2.24, 2.45) is 0 Å². The fourth-order valence-corrected chi connectivity index (χ4v) is 1.81. The summed E-state index contributed by atoms with van der Waals surface area (Å²) in [5, 5.41) is 6.99. The molecular weight excluding hydrogens is 180 g/mol. The van der Waals surface area contributed by atoms with E-state index in [0.717, 1.165) is 6.54 Å².